The Morgan fingerprint density at radius 2 is 2.27 bits per heavy atom. The molecular weight excluding hydrogens is 261 g/mol. The van der Waals surface area contributed by atoms with Crippen LogP contribution in [-0.4, -0.2) is 16.1 Å². The maximum absolute atomic E-state index is 10.2. The lowest BCUT2D eigenvalue weighted by Crippen LogP contribution is -2.17. The predicted octanol–water partition coefficient (Wildman–Crippen LogP) is 0.539. The van der Waals surface area contributed by atoms with Crippen molar-refractivity contribution < 1.29 is 9.53 Å². The SMILES string of the molecule is NC(=O)Oc1cnc(I)cn1. The molecule has 6 heteroatoms. The van der Waals surface area contributed by atoms with Crippen LogP contribution in [0.5, 0.6) is 5.88 Å². The van der Waals surface area contributed by atoms with E-state index in [4.69, 9.17) is 5.73 Å². The zero-order valence-corrected chi connectivity index (χ0v) is 7.48. The Morgan fingerprint density at radius 1 is 1.55 bits per heavy atom. The first-order valence-corrected chi connectivity index (χ1v) is 3.71. The molecule has 1 aromatic rings. The number of rotatable bonds is 1. The van der Waals surface area contributed by atoms with Crippen LogP contribution in [0.25, 0.3) is 0 Å². The summed E-state index contributed by atoms with van der Waals surface area (Å²) < 4.78 is 5.15. The van der Waals surface area contributed by atoms with Gasteiger partial charge in [0.05, 0.1) is 12.4 Å². The van der Waals surface area contributed by atoms with Crippen LogP contribution in [0.4, 0.5) is 4.79 Å². The maximum atomic E-state index is 10.2. The van der Waals surface area contributed by atoms with Crippen molar-refractivity contribution in [1.29, 1.82) is 0 Å². The second-order valence-electron chi connectivity index (χ2n) is 1.60. The fourth-order valence-electron chi connectivity index (χ4n) is 0.456. The van der Waals surface area contributed by atoms with Gasteiger partial charge in [-0.1, -0.05) is 0 Å². The van der Waals surface area contributed by atoms with Gasteiger partial charge in [-0.05, 0) is 22.6 Å². The van der Waals surface area contributed by atoms with Gasteiger partial charge in [-0.3, -0.25) is 0 Å². The van der Waals surface area contributed by atoms with Gasteiger partial charge in [0.25, 0.3) is 0 Å². The number of hydrogen-bond donors (Lipinski definition) is 1. The molecule has 58 valence electrons. The van der Waals surface area contributed by atoms with Crippen molar-refractivity contribution in [2.24, 2.45) is 5.73 Å². The molecule has 11 heavy (non-hydrogen) atoms. The monoisotopic (exact) mass is 265 g/mol. The van der Waals surface area contributed by atoms with Crippen LogP contribution in [0.15, 0.2) is 12.4 Å². The maximum Gasteiger partial charge on any atom is 0.411 e. The average molecular weight is 265 g/mol. The number of hydrogen-bond acceptors (Lipinski definition) is 4. The van der Waals surface area contributed by atoms with Crippen molar-refractivity contribution in [1.82, 2.24) is 9.97 Å². The van der Waals surface area contributed by atoms with E-state index in [0.717, 1.165) is 3.70 Å². The Morgan fingerprint density at radius 3 is 2.73 bits per heavy atom. The van der Waals surface area contributed by atoms with Crippen LogP contribution in [-0.2, 0) is 0 Å². The number of carbonyl (C=O) groups excluding carboxylic acids is 1. The first-order chi connectivity index (χ1) is 5.18. The summed E-state index contributed by atoms with van der Waals surface area (Å²) in [5, 5.41) is 0. The number of aromatic nitrogens is 2. The lowest BCUT2D eigenvalue weighted by molar-refractivity contribution is 0.209. The smallest absolute Gasteiger partial charge is 0.390 e. The Kier molecular flexibility index (Phi) is 2.58. The molecule has 2 N–H and O–H groups in total. The number of nitrogens with two attached hydrogens (primary N) is 1. The quantitative estimate of drug-likeness (QED) is 0.751. The van der Waals surface area contributed by atoms with Crippen molar-refractivity contribution in [3.8, 4) is 5.88 Å². The van der Waals surface area contributed by atoms with E-state index in [1.807, 2.05) is 22.6 Å². The van der Waals surface area contributed by atoms with E-state index in [9.17, 15) is 4.79 Å². The molecule has 0 bridgehead atoms. The third-order valence-electron chi connectivity index (χ3n) is 0.802. The zero-order valence-electron chi connectivity index (χ0n) is 5.32. The molecule has 1 heterocycles. The molecule has 0 aliphatic heterocycles. The second-order valence-corrected chi connectivity index (χ2v) is 2.70. The third kappa shape index (κ3) is 2.66. The standard InChI is InChI=1S/C5H4IN3O2/c6-3-1-9-4(2-8-3)11-5(7)10/h1-2H,(H2,7,10). The molecule has 0 fully saturated rings. The number of primary amides is 1. The molecule has 1 amide bonds. The first kappa shape index (κ1) is 8.18. The Balaban J connectivity index is 2.74. The van der Waals surface area contributed by atoms with E-state index < -0.39 is 6.09 Å². The fourth-order valence-corrected chi connectivity index (χ4v) is 0.735. The van der Waals surface area contributed by atoms with Gasteiger partial charge in [0.15, 0.2) is 0 Å². The molecule has 0 aliphatic rings. The minimum absolute atomic E-state index is 0.109. The lowest BCUT2D eigenvalue weighted by Gasteiger charge is -1.96. The highest BCUT2D eigenvalue weighted by molar-refractivity contribution is 14.1. The van der Waals surface area contributed by atoms with E-state index in [1.54, 1.807) is 0 Å². The number of ether oxygens (including phenoxy) is 1. The van der Waals surface area contributed by atoms with Crippen LogP contribution in [0.3, 0.4) is 0 Å². The van der Waals surface area contributed by atoms with E-state index in [0.29, 0.717) is 0 Å². The largest absolute Gasteiger partial charge is 0.411 e. The normalized spacial score (nSPS) is 9.18. The molecule has 0 saturated carbocycles. The Labute approximate surface area is 76.1 Å². The number of carbonyl (C=O) groups is 1. The molecular formula is C5H4IN3O2. The van der Waals surface area contributed by atoms with Crippen molar-refractivity contribution in [3.63, 3.8) is 0 Å². The van der Waals surface area contributed by atoms with Crippen molar-refractivity contribution >= 4 is 28.7 Å². The van der Waals surface area contributed by atoms with Gasteiger partial charge in [-0.25, -0.2) is 14.8 Å². The Hall–Kier alpha value is -0.920. The number of nitrogens with zero attached hydrogens (tertiary/aromatic N) is 2. The van der Waals surface area contributed by atoms with Crippen molar-refractivity contribution in [2.75, 3.05) is 0 Å². The van der Waals surface area contributed by atoms with Crippen molar-refractivity contribution in [3.05, 3.63) is 16.1 Å². The van der Waals surface area contributed by atoms with Gasteiger partial charge in [-0.2, -0.15) is 0 Å². The summed E-state index contributed by atoms with van der Waals surface area (Å²) in [7, 11) is 0. The number of amides is 1. The summed E-state index contributed by atoms with van der Waals surface area (Å²) >= 11 is 1.98. The molecule has 5 nitrogen and oxygen atoms in total. The Bertz CT molecular complexity index is 261. The number of halogens is 1. The van der Waals surface area contributed by atoms with Gasteiger partial charge >= 0.3 is 6.09 Å². The van der Waals surface area contributed by atoms with Crippen LogP contribution < -0.4 is 10.5 Å². The zero-order chi connectivity index (χ0) is 8.27. The molecule has 0 saturated heterocycles. The topological polar surface area (TPSA) is 78.1 Å². The predicted molar refractivity (Wildman–Crippen MR) is 45.0 cm³/mol. The molecule has 1 aromatic heterocycles. The summed E-state index contributed by atoms with van der Waals surface area (Å²) in [6.45, 7) is 0. The van der Waals surface area contributed by atoms with Gasteiger partial charge < -0.3 is 10.5 Å². The molecule has 0 radical (unpaired) electrons. The van der Waals surface area contributed by atoms with E-state index in [2.05, 4.69) is 14.7 Å². The molecule has 0 aliphatic carbocycles. The minimum atomic E-state index is -0.888. The molecule has 0 atom stereocenters. The summed E-state index contributed by atoms with van der Waals surface area (Å²) in [6.07, 6.45) is 1.91. The van der Waals surface area contributed by atoms with Crippen LogP contribution in [0, 0.1) is 3.70 Å². The first-order valence-electron chi connectivity index (χ1n) is 2.63. The average Bonchev–Trinajstić information content (AvgIpc) is 1.93. The van der Waals surface area contributed by atoms with Gasteiger partial charge in [-0.15, -0.1) is 0 Å². The molecule has 1 rings (SSSR count). The molecule has 0 unspecified atom stereocenters. The van der Waals surface area contributed by atoms with Gasteiger partial charge in [0, 0.05) is 0 Å². The van der Waals surface area contributed by atoms with Crippen molar-refractivity contribution in [2.45, 2.75) is 0 Å². The van der Waals surface area contributed by atoms with Crippen LogP contribution >= 0.6 is 22.6 Å². The summed E-state index contributed by atoms with van der Waals surface area (Å²) in [6, 6.07) is 0. The van der Waals surface area contributed by atoms with Gasteiger partial charge in [0.2, 0.25) is 5.88 Å². The van der Waals surface area contributed by atoms with Crippen LogP contribution in [0.2, 0.25) is 0 Å². The minimum Gasteiger partial charge on any atom is -0.390 e. The highest BCUT2D eigenvalue weighted by Gasteiger charge is 1.98. The lowest BCUT2D eigenvalue weighted by atomic mass is 10.7. The van der Waals surface area contributed by atoms with E-state index in [-0.39, 0.29) is 5.88 Å². The van der Waals surface area contributed by atoms with E-state index in [1.165, 1.54) is 12.4 Å². The van der Waals surface area contributed by atoms with Gasteiger partial charge in [0.1, 0.15) is 3.70 Å². The summed E-state index contributed by atoms with van der Waals surface area (Å²) in [5.74, 6) is 0.109. The summed E-state index contributed by atoms with van der Waals surface area (Å²) in [4.78, 5) is 17.7. The molecule has 0 aromatic carbocycles. The summed E-state index contributed by atoms with van der Waals surface area (Å²) in [5.41, 5.74) is 4.73. The highest BCUT2D eigenvalue weighted by atomic mass is 127. The van der Waals surface area contributed by atoms with E-state index >= 15 is 0 Å². The third-order valence-corrected chi connectivity index (χ3v) is 1.36. The second kappa shape index (κ2) is 3.46. The van der Waals surface area contributed by atoms with Crippen LogP contribution in [0.1, 0.15) is 0 Å². The highest BCUT2D eigenvalue weighted by Crippen LogP contribution is 2.04. The molecule has 0 spiro atoms. The fraction of sp³-hybridized carbons (Fsp3) is 0.